The normalized spacial score (nSPS) is 22.6. The van der Waals surface area contributed by atoms with Crippen molar-refractivity contribution in [1.29, 1.82) is 0 Å². The number of rotatable bonds is 2. The molecule has 22 heavy (non-hydrogen) atoms. The number of fused-ring (bicyclic) bond motifs is 1. The van der Waals surface area contributed by atoms with E-state index in [1.54, 1.807) is 4.90 Å². The van der Waals surface area contributed by atoms with Gasteiger partial charge in [-0.25, -0.2) is 8.42 Å². The van der Waals surface area contributed by atoms with Crippen molar-refractivity contribution in [1.82, 2.24) is 9.21 Å². The Kier molecular flexibility index (Phi) is 4.18. The van der Waals surface area contributed by atoms with Crippen LogP contribution in [-0.4, -0.2) is 48.9 Å². The van der Waals surface area contributed by atoms with E-state index >= 15 is 0 Å². The van der Waals surface area contributed by atoms with Gasteiger partial charge in [0.1, 0.15) is 6.04 Å². The molecule has 1 fully saturated rings. The second kappa shape index (κ2) is 5.83. The van der Waals surface area contributed by atoms with Crippen LogP contribution in [-0.2, 0) is 27.8 Å². The molecule has 2 aliphatic heterocycles. The number of amides is 1. The molecule has 120 valence electrons. The van der Waals surface area contributed by atoms with Crippen molar-refractivity contribution >= 4 is 27.5 Å². The summed E-state index contributed by atoms with van der Waals surface area (Å²) in [6.45, 7) is 1.53. The smallest absolute Gasteiger partial charge is 0.241 e. The van der Waals surface area contributed by atoms with Crippen molar-refractivity contribution < 1.29 is 13.2 Å². The van der Waals surface area contributed by atoms with Gasteiger partial charge in [-0.15, -0.1) is 0 Å². The number of sulfonamides is 1. The molecule has 0 saturated carbocycles. The van der Waals surface area contributed by atoms with E-state index < -0.39 is 16.1 Å². The summed E-state index contributed by atoms with van der Waals surface area (Å²) in [6.07, 6.45) is 3.22. The highest BCUT2D eigenvalue weighted by atomic mass is 35.5. The first-order valence-corrected chi connectivity index (χ1v) is 9.62. The van der Waals surface area contributed by atoms with Crippen molar-refractivity contribution in [2.24, 2.45) is 0 Å². The summed E-state index contributed by atoms with van der Waals surface area (Å²) >= 11 is 6.19. The predicted octanol–water partition coefficient (Wildman–Crippen LogP) is 1.65. The van der Waals surface area contributed by atoms with Gasteiger partial charge in [0.25, 0.3) is 0 Å². The zero-order valence-corrected chi connectivity index (χ0v) is 14.0. The fourth-order valence-electron chi connectivity index (χ4n) is 3.35. The molecule has 0 radical (unpaired) electrons. The minimum Gasteiger partial charge on any atom is -0.337 e. The SMILES string of the molecule is CS(=O)(=O)N1CCC[C@H]1C(=O)N1CCc2c(Cl)cccc2C1. The van der Waals surface area contributed by atoms with E-state index in [2.05, 4.69) is 0 Å². The van der Waals surface area contributed by atoms with Crippen LogP contribution in [0.25, 0.3) is 0 Å². The molecule has 1 aromatic carbocycles. The van der Waals surface area contributed by atoms with E-state index in [9.17, 15) is 13.2 Å². The fraction of sp³-hybridized carbons (Fsp3) is 0.533. The number of carbonyl (C=O) groups is 1. The second-order valence-corrected chi connectivity index (χ2v) is 8.26. The maximum absolute atomic E-state index is 12.7. The van der Waals surface area contributed by atoms with Crippen molar-refractivity contribution in [3.63, 3.8) is 0 Å². The molecule has 2 heterocycles. The van der Waals surface area contributed by atoms with E-state index in [-0.39, 0.29) is 5.91 Å². The number of benzene rings is 1. The van der Waals surface area contributed by atoms with Crippen molar-refractivity contribution in [3.05, 3.63) is 34.3 Å². The highest BCUT2D eigenvalue weighted by Crippen LogP contribution is 2.28. The summed E-state index contributed by atoms with van der Waals surface area (Å²) in [5.41, 5.74) is 2.15. The Labute approximate surface area is 135 Å². The Morgan fingerprint density at radius 1 is 1.32 bits per heavy atom. The monoisotopic (exact) mass is 342 g/mol. The van der Waals surface area contributed by atoms with Gasteiger partial charge in [0, 0.05) is 24.7 Å². The van der Waals surface area contributed by atoms with E-state index in [0.29, 0.717) is 32.5 Å². The number of hydrogen-bond donors (Lipinski definition) is 0. The lowest BCUT2D eigenvalue weighted by Gasteiger charge is -2.33. The van der Waals surface area contributed by atoms with E-state index in [4.69, 9.17) is 11.6 Å². The molecule has 1 amide bonds. The van der Waals surface area contributed by atoms with Gasteiger partial charge in [-0.05, 0) is 36.5 Å². The molecule has 1 aromatic rings. The first-order chi connectivity index (χ1) is 10.4. The fourth-order valence-corrected chi connectivity index (χ4v) is 4.75. The Hall–Kier alpha value is -1.11. The molecule has 2 aliphatic rings. The summed E-state index contributed by atoms with van der Waals surface area (Å²) < 4.78 is 25.0. The summed E-state index contributed by atoms with van der Waals surface area (Å²) in [6, 6.07) is 5.17. The Balaban J connectivity index is 1.80. The van der Waals surface area contributed by atoms with Crippen LogP contribution in [0.4, 0.5) is 0 Å². The van der Waals surface area contributed by atoms with Crippen LogP contribution in [0.2, 0.25) is 5.02 Å². The van der Waals surface area contributed by atoms with Gasteiger partial charge in [-0.1, -0.05) is 23.7 Å². The number of hydrogen-bond acceptors (Lipinski definition) is 3. The molecular weight excluding hydrogens is 324 g/mol. The molecule has 0 aromatic heterocycles. The molecule has 0 aliphatic carbocycles. The van der Waals surface area contributed by atoms with Gasteiger partial charge in [-0.3, -0.25) is 4.79 Å². The third kappa shape index (κ3) is 2.87. The Morgan fingerprint density at radius 2 is 2.09 bits per heavy atom. The molecule has 0 N–H and O–H groups in total. The summed E-state index contributed by atoms with van der Waals surface area (Å²) in [7, 11) is -3.34. The Bertz CT molecular complexity index is 705. The van der Waals surface area contributed by atoms with Crippen LogP contribution < -0.4 is 0 Å². The molecular formula is C15H19ClN2O3S. The number of carbonyl (C=O) groups excluding carboxylic acids is 1. The van der Waals surface area contributed by atoms with Crippen LogP contribution in [0.5, 0.6) is 0 Å². The highest BCUT2D eigenvalue weighted by molar-refractivity contribution is 7.88. The van der Waals surface area contributed by atoms with Gasteiger partial charge in [0.15, 0.2) is 0 Å². The van der Waals surface area contributed by atoms with Crippen LogP contribution in [0, 0.1) is 0 Å². The van der Waals surface area contributed by atoms with Crippen molar-refractivity contribution in [2.75, 3.05) is 19.3 Å². The molecule has 7 heteroatoms. The number of nitrogens with zero attached hydrogens (tertiary/aromatic N) is 2. The van der Waals surface area contributed by atoms with Gasteiger partial charge >= 0.3 is 0 Å². The number of halogens is 1. The van der Waals surface area contributed by atoms with Crippen LogP contribution >= 0.6 is 11.6 Å². The average Bonchev–Trinajstić information content (AvgIpc) is 2.96. The minimum absolute atomic E-state index is 0.0893. The largest absolute Gasteiger partial charge is 0.337 e. The molecule has 1 atom stereocenters. The summed E-state index contributed by atoms with van der Waals surface area (Å²) in [4.78, 5) is 14.5. The first kappa shape index (κ1) is 15.8. The van der Waals surface area contributed by atoms with Crippen molar-refractivity contribution in [3.8, 4) is 0 Å². The third-order valence-electron chi connectivity index (χ3n) is 4.44. The van der Waals surface area contributed by atoms with Crippen LogP contribution in [0.15, 0.2) is 18.2 Å². The molecule has 5 nitrogen and oxygen atoms in total. The lowest BCUT2D eigenvalue weighted by Crippen LogP contribution is -2.48. The lowest BCUT2D eigenvalue weighted by molar-refractivity contribution is -0.135. The summed E-state index contributed by atoms with van der Waals surface area (Å²) in [5, 5.41) is 0.739. The molecule has 0 bridgehead atoms. The van der Waals surface area contributed by atoms with E-state index in [1.165, 1.54) is 10.6 Å². The third-order valence-corrected chi connectivity index (χ3v) is 6.08. The predicted molar refractivity (Wildman–Crippen MR) is 85.1 cm³/mol. The van der Waals surface area contributed by atoms with Crippen LogP contribution in [0.3, 0.4) is 0 Å². The van der Waals surface area contributed by atoms with Gasteiger partial charge in [0.2, 0.25) is 15.9 Å². The molecule has 3 rings (SSSR count). The van der Waals surface area contributed by atoms with Crippen LogP contribution in [0.1, 0.15) is 24.0 Å². The maximum Gasteiger partial charge on any atom is 0.241 e. The second-order valence-electron chi connectivity index (χ2n) is 5.92. The molecule has 0 unspecified atom stereocenters. The van der Waals surface area contributed by atoms with E-state index in [1.807, 2.05) is 18.2 Å². The standard InChI is InChI=1S/C15H19ClN2O3S/c1-22(20,21)18-8-3-6-14(18)15(19)17-9-7-12-11(10-17)4-2-5-13(12)16/h2,4-5,14H,3,6-10H2,1H3/t14-/m0/s1. The molecule has 0 spiro atoms. The lowest BCUT2D eigenvalue weighted by atomic mass is 9.99. The first-order valence-electron chi connectivity index (χ1n) is 7.40. The van der Waals surface area contributed by atoms with E-state index in [0.717, 1.165) is 22.6 Å². The highest BCUT2D eigenvalue weighted by Gasteiger charge is 2.39. The zero-order valence-electron chi connectivity index (χ0n) is 12.5. The maximum atomic E-state index is 12.7. The molecule has 1 saturated heterocycles. The van der Waals surface area contributed by atoms with Crippen molar-refractivity contribution in [2.45, 2.75) is 31.8 Å². The average molecular weight is 343 g/mol. The Morgan fingerprint density at radius 3 is 2.82 bits per heavy atom. The zero-order chi connectivity index (χ0) is 15.9. The van der Waals surface area contributed by atoms with Gasteiger partial charge in [0.05, 0.1) is 6.26 Å². The summed E-state index contributed by atoms with van der Waals surface area (Å²) in [5.74, 6) is -0.0893. The van der Waals surface area contributed by atoms with Gasteiger partial charge < -0.3 is 4.90 Å². The van der Waals surface area contributed by atoms with Gasteiger partial charge in [-0.2, -0.15) is 4.31 Å². The minimum atomic E-state index is -3.34. The quantitative estimate of drug-likeness (QED) is 0.821. The topological polar surface area (TPSA) is 57.7 Å².